The van der Waals surface area contributed by atoms with Gasteiger partial charge < -0.3 is 5.32 Å². The van der Waals surface area contributed by atoms with Gasteiger partial charge in [-0.3, -0.25) is 9.10 Å². The van der Waals surface area contributed by atoms with Crippen LogP contribution in [0.3, 0.4) is 0 Å². The Morgan fingerprint density at radius 2 is 1.89 bits per heavy atom. The Kier molecular flexibility index (Phi) is 6.59. The van der Waals surface area contributed by atoms with Gasteiger partial charge in [-0.1, -0.05) is 31.2 Å². The molecule has 6 nitrogen and oxygen atoms in total. The van der Waals surface area contributed by atoms with Crippen molar-refractivity contribution in [3.63, 3.8) is 0 Å². The number of aryl methyl sites for hydroxylation is 1. The van der Waals surface area contributed by atoms with E-state index in [-0.39, 0.29) is 0 Å². The molecule has 0 aliphatic rings. The SMILES string of the molecule is CC[C@@H](C(=O)Nc1ccc(CC#N)cc1)N(c1cccc(C)c1)S(C)(=O)=O. The molecule has 7 heteroatoms. The molecule has 0 radical (unpaired) electrons. The number of anilines is 2. The fourth-order valence-electron chi connectivity index (χ4n) is 2.85. The first kappa shape index (κ1) is 20.5. The van der Waals surface area contributed by atoms with Gasteiger partial charge in [-0.05, 0) is 48.7 Å². The van der Waals surface area contributed by atoms with Crippen molar-refractivity contribution >= 4 is 27.3 Å². The fourth-order valence-corrected chi connectivity index (χ4v) is 4.05. The van der Waals surface area contributed by atoms with E-state index in [0.29, 0.717) is 24.2 Å². The van der Waals surface area contributed by atoms with Crippen LogP contribution in [0.25, 0.3) is 0 Å². The van der Waals surface area contributed by atoms with E-state index in [1.807, 2.05) is 13.0 Å². The predicted octanol–water partition coefficient (Wildman–Crippen LogP) is 3.24. The maximum absolute atomic E-state index is 12.8. The first-order chi connectivity index (χ1) is 12.8. The van der Waals surface area contributed by atoms with Gasteiger partial charge in [0.05, 0.1) is 24.4 Å². The summed E-state index contributed by atoms with van der Waals surface area (Å²) in [5, 5.41) is 11.5. The van der Waals surface area contributed by atoms with E-state index in [0.717, 1.165) is 17.4 Å². The average Bonchev–Trinajstić information content (AvgIpc) is 2.60. The monoisotopic (exact) mass is 385 g/mol. The van der Waals surface area contributed by atoms with Crippen molar-refractivity contribution in [2.24, 2.45) is 0 Å². The van der Waals surface area contributed by atoms with E-state index < -0.39 is 22.0 Å². The lowest BCUT2D eigenvalue weighted by Crippen LogP contribution is -2.47. The van der Waals surface area contributed by atoms with Crippen LogP contribution < -0.4 is 9.62 Å². The van der Waals surface area contributed by atoms with Crippen LogP contribution in [0.2, 0.25) is 0 Å². The van der Waals surface area contributed by atoms with Gasteiger partial charge in [0.2, 0.25) is 15.9 Å². The molecule has 1 atom stereocenters. The van der Waals surface area contributed by atoms with Gasteiger partial charge in [0.25, 0.3) is 0 Å². The number of carbonyl (C=O) groups is 1. The van der Waals surface area contributed by atoms with E-state index in [1.54, 1.807) is 49.4 Å². The molecule has 0 unspecified atom stereocenters. The quantitative estimate of drug-likeness (QED) is 0.792. The Labute approximate surface area is 160 Å². The number of hydrogen-bond donors (Lipinski definition) is 1. The number of benzene rings is 2. The van der Waals surface area contributed by atoms with E-state index in [1.165, 1.54) is 4.31 Å². The highest BCUT2D eigenvalue weighted by atomic mass is 32.2. The minimum Gasteiger partial charge on any atom is -0.324 e. The van der Waals surface area contributed by atoms with Gasteiger partial charge in [0.15, 0.2) is 0 Å². The lowest BCUT2D eigenvalue weighted by Gasteiger charge is -2.30. The Morgan fingerprint density at radius 1 is 1.22 bits per heavy atom. The summed E-state index contributed by atoms with van der Waals surface area (Å²) in [7, 11) is -3.66. The second-order valence-electron chi connectivity index (χ2n) is 6.34. The highest BCUT2D eigenvalue weighted by Crippen LogP contribution is 2.24. The van der Waals surface area contributed by atoms with Gasteiger partial charge in [-0.2, -0.15) is 5.26 Å². The molecule has 27 heavy (non-hydrogen) atoms. The molecule has 1 N–H and O–H groups in total. The smallest absolute Gasteiger partial charge is 0.248 e. The van der Waals surface area contributed by atoms with Crippen molar-refractivity contribution in [3.8, 4) is 6.07 Å². The number of nitriles is 1. The zero-order valence-electron chi connectivity index (χ0n) is 15.6. The zero-order valence-corrected chi connectivity index (χ0v) is 16.5. The summed E-state index contributed by atoms with van der Waals surface area (Å²) >= 11 is 0. The van der Waals surface area contributed by atoms with E-state index in [9.17, 15) is 13.2 Å². The molecule has 142 valence electrons. The number of hydrogen-bond acceptors (Lipinski definition) is 4. The van der Waals surface area contributed by atoms with Crippen molar-refractivity contribution in [2.75, 3.05) is 15.9 Å². The van der Waals surface area contributed by atoms with E-state index in [2.05, 4.69) is 11.4 Å². The third-order valence-electron chi connectivity index (χ3n) is 4.09. The highest BCUT2D eigenvalue weighted by Gasteiger charge is 2.31. The Balaban J connectivity index is 2.30. The molecule has 0 bridgehead atoms. The van der Waals surface area contributed by atoms with Gasteiger partial charge in [-0.15, -0.1) is 0 Å². The first-order valence-electron chi connectivity index (χ1n) is 8.59. The Bertz CT molecular complexity index is 947. The molecule has 1 amide bonds. The molecule has 0 aliphatic heterocycles. The molecule has 0 spiro atoms. The number of nitrogens with one attached hydrogen (secondary N) is 1. The molecular formula is C20H23N3O3S. The van der Waals surface area contributed by atoms with Crippen LogP contribution in [0.15, 0.2) is 48.5 Å². The number of sulfonamides is 1. The van der Waals surface area contributed by atoms with Crippen molar-refractivity contribution in [1.29, 1.82) is 5.26 Å². The Morgan fingerprint density at radius 3 is 2.41 bits per heavy atom. The van der Waals surface area contributed by atoms with Crippen LogP contribution in [0.5, 0.6) is 0 Å². The summed E-state index contributed by atoms with van der Waals surface area (Å²) in [6, 6.07) is 15.2. The lowest BCUT2D eigenvalue weighted by molar-refractivity contribution is -0.117. The number of rotatable bonds is 7. The van der Waals surface area contributed by atoms with Crippen LogP contribution in [0, 0.1) is 18.3 Å². The maximum Gasteiger partial charge on any atom is 0.248 e. The van der Waals surface area contributed by atoms with Crippen LogP contribution in [-0.4, -0.2) is 26.6 Å². The van der Waals surface area contributed by atoms with Gasteiger partial charge in [0, 0.05) is 5.69 Å². The average molecular weight is 385 g/mol. The molecule has 0 aliphatic carbocycles. The number of carbonyl (C=O) groups excluding carboxylic acids is 1. The third kappa shape index (κ3) is 5.31. The number of nitrogens with zero attached hydrogens (tertiary/aromatic N) is 2. The van der Waals surface area contributed by atoms with Crippen molar-refractivity contribution in [2.45, 2.75) is 32.7 Å². The third-order valence-corrected chi connectivity index (χ3v) is 5.27. The largest absolute Gasteiger partial charge is 0.324 e. The molecule has 0 saturated heterocycles. The summed E-state index contributed by atoms with van der Waals surface area (Å²) in [6.45, 7) is 3.64. The molecule has 0 heterocycles. The summed E-state index contributed by atoms with van der Waals surface area (Å²) in [6.07, 6.45) is 1.71. The fraction of sp³-hybridized carbons (Fsp3) is 0.300. The highest BCUT2D eigenvalue weighted by molar-refractivity contribution is 7.92. The summed E-state index contributed by atoms with van der Waals surface area (Å²) < 4.78 is 26.0. The molecule has 2 aromatic carbocycles. The molecule has 2 aromatic rings. The predicted molar refractivity (Wildman–Crippen MR) is 107 cm³/mol. The summed E-state index contributed by atoms with van der Waals surface area (Å²) in [5.41, 5.74) is 2.77. The topological polar surface area (TPSA) is 90.3 Å². The molecule has 2 rings (SSSR count). The van der Waals surface area contributed by atoms with E-state index in [4.69, 9.17) is 5.26 Å². The number of amides is 1. The van der Waals surface area contributed by atoms with Crippen LogP contribution in [0.1, 0.15) is 24.5 Å². The van der Waals surface area contributed by atoms with Gasteiger partial charge in [0.1, 0.15) is 6.04 Å². The molecular weight excluding hydrogens is 362 g/mol. The van der Waals surface area contributed by atoms with Crippen LogP contribution >= 0.6 is 0 Å². The molecule has 0 saturated carbocycles. The molecule has 0 fully saturated rings. The van der Waals surface area contributed by atoms with Gasteiger partial charge >= 0.3 is 0 Å². The van der Waals surface area contributed by atoms with E-state index >= 15 is 0 Å². The van der Waals surface area contributed by atoms with Crippen molar-refractivity contribution in [1.82, 2.24) is 0 Å². The van der Waals surface area contributed by atoms with Gasteiger partial charge in [-0.25, -0.2) is 8.42 Å². The van der Waals surface area contributed by atoms with Crippen molar-refractivity contribution in [3.05, 3.63) is 59.7 Å². The minimum absolute atomic E-state index is 0.293. The zero-order chi connectivity index (χ0) is 20.0. The lowest BCUT2D eigenvalue weighted by atomic mass is 10.1. The summed E-state index contributed by atoms with van der Waals surface area (Å²) in [4.78, 5) is 12.8. The second-order valence-corrected chi connectivity index (χ2v) is 8.20. The Hall–Kier alpha value is -2.85. The first-order valence-corrected chi connectivity index (χ1v) is 10.4. The molecule has 0 aromatic heterocycles. The second kappa shape index (κ2) is 8.69. The minimum atomic E-state index is -3.66. The summed E-state index contributed by atoms with van der Waals surface area (Å²) in [5.74, 6) is -0.405. The van der Waals surface area contributed by atoms with Crippen LogP contribution in [-0.2, 0) is 21.2 Å². The maximum atomic E-state index is 12.8. The van der Waals surface area contributed by atoms with Crippen LogP contribution in [0.4, 0.5) is 11.4 Å². The van der Waals surface area contributed by atoms with Crippen molar-refractivity contribution < 1.29 is 13.2 Å². The normalized spacial score (nSPS) is 12.1. The standard InChI is InChI=1S/C20H23N3O3S/c1-4-19(20(24)22-17-10-8-16(9-11-17)12-13-21)23(27(3,25)26)18-7-5-6-15(2)14-18/h5-11,14,19H,4,12H2,1-3H3,(H,22,24)/t19-/m0/s1.